The second-order valence-corrected chi connectivity index (χ2v) is 8.43. The zero-order valence-electron chi connectivity index (χ0n) is 18.2. The van der Waals surface area contributed by atoms with E-state index in [9.17, 15) is 26.3 Å². The van der Waals surface area contributed by atoms with Crippen molar-refractivity contribution < 1.29 is 26.3 Å². The van der Waals surface area contributed by atoms with E-state index in [1.165, 1.54) is 39.9 Å². The summed E-state index contributed by atoms with van der Waals surface area (Å²) >= 11 is 0. The molecule has 0 saturated carbocycles. The predicted molar refractivity (Wildman–Crippen MR) is 114 cm³/mol. The molecular weight excluding hydrogens is 492 g/mol. The van der Waals surface area contributed by atoms with Crippen LogP contribution in [0.4, 0.5) is 32.2 Å². The predicted octanol–water partition coefficient (Wildman–Crippen LogP) is 4.31. The molecule has 0 bridgehead atoms. The first-order valence-corrected chi connectivity index (χ1v) is 10.6. The topological polar surface area (TPSA) is 90.8 Å². The lowest BCUT2D eigenvalue weighted by atomic mass is 9.93. The molecule has 0 aliphatic carbocycles. The normalized spacial score (nSPS) is 18.5. The highest BCUT2D eigenvalue weighted by atomic mass is 19.4. The van der Waals surface area contributed by atoms with Crippen LogP contribution in [0.15, 0.2) is 42.9 Å². The summed E-state index contributed by atoms with van der Waals surface area (Å²) < 4.78 is 86.4. The Balaban J connectivity index is 1.46. The van der Waals surface area contributed by atoms with E-state index < -0.39 is 36.4 Å². The third kappa shape index (κ3) is 3.29. The molecule has 15 heteroatoms. The van der Waals surface area contributed by atoms with E-state index in [0.29, 0.717) is 26.9 Å². The second kappa shape index (κ2) is 7.41. The van der Waals surface area contributed by atoms with Crippen LogP contribution in [-0.2, 0) is 7.05 Å². The molecule has 2 atom stereocenters. The molecule has 0 saturated heterocycles. The zero-order chi connectivity index (χ0) is 25.4. The van der Waals surface area contributed by atoms with Crippen molar-refractivity contribution in [1.29, 1.82) is 0 Å². The zero-order valence-corrected chi connectivity index (χ0v) is 18.2. The molecule has 1 aliphatic heterocycles. The second-order valence-electron chi connectivity index (χ2n) is 8.43. The number of hydrogen-bond acceptors (Lipinski definition) is 6. The minimum atomic E-state index is -5.81. The molecule has 1 aliphatic rings. The minimum absolute atomic E-state index is 0.00394. The Morgan fingerprint density at radius 3 is 2.50 bits per heavy atom. The van der Waals surface area contributed by atoms with Crippen LogP contribution in [0.5, 0.6) is 0 Å². The first-order chi connectivity index (χ1) is 17.0. The third-order valence-corrected chi connectivity index (χ3v) is 6.18. The van der Waals surface area contributed by atoms with Crippen LogP contribution >= 0.6 is 0 Å². The van der Waals surface area contributed by atoms with Gasteiger partial charge in [-0.2, -0.15) is 32.1 Å². The fourth-order valence-corrected chi connectivity index (χ4v) is 4.36. The lowest BCUT2D eigenvalue weighted by Crippen LogP contribution is -2.47. The van der Waals surface area contributed by atoms with Gasteiger partial charge in [0.1, 0.15) is 29.7 Å². The van der Waals surface area contributed by atoms with E-state index in [1.807, 2.05) is 0 Å². The van der Waals surface area contributed by atoms with Crippen molar-refractivity contribution in [2.75, 3.05) is 5.32 Å². The number of aryl methyl sites for hydroxylation is 1. The molecule has 4 aromatic heterocycles. The van der Waals surface area contributed by atoms with Gasteiger partial charge in [0.2, 0.25) is 5.82 Å². The van der Waals surface area contributed by atoms with Gasteiger partial charge in [0.15, 0.2) is 11.3 Å². The van der Waals surface area contributed by atoms with Crippen molar-refractivity contribution in [1.82, 2.24) is 39.1 Å². The van der Waals surface area contributed by atoms with E-state index >= 15 is 0 Å². The molecule has 5 aromatic rings. The van der Waals surface area contributed by atoms with Crippen LogP contribution in [-0.4, -0.2) is 51.2 Å². The Morgan fingerprint density at radius 1 is 1.03 bits per heavy atom. The molecule has 5 heterocycles. The fourth-order valence-electron chi connectivity index (χ4n) is 4.36. The van der Waals surface area contributed by atoms with Gasteiger partial charge in [0, 0.05) is 19.5 Å². The van der Waals surface area contributed by atoms with Crippen LogP contribution in [0.2, 0.25) is 0 Å². The number of aromatic nitrogens is 8. The Hall–Kier alpha value is -4.17. The van der Waals surface area contributed by atoms with Gasteiger partial charge in [-0.25, -0.2) is 23.6 Å². The first-order valence-electron chi connectivity index (χ1n) is 10.6. The van der Waals surface area contributed by atoms with Crippen LogP contribution in [0.1, 0.15) is 24.1 Å². The number of benzene rings is 1. The van der Waals surface area contributed by atoms with Gasteiger partial charge in [0.25, 0.3) is 0 Å². The molecule has 36 heavy (non-hydrogen) atoms. The van der Waals surface area contributed by atoms with Gasteiger partial charge in [-0.3, -0.25) is 4.68 Å². The van der Waals surface area contributed by atoms with E-state index in [1.54, 1.807) is 7.05 Å². The standard InChI is InChI=1S/C21H15F6N9/c1-34-18-12(8-29-34)19-31-17(33-35(19)9-28-18)14-7-16-30-13(10-2-4-11(22)5-3-10)6-15(36(16)32-14)20(23,24)21(25,26)27/h2-5,7-9,13,15,30H,6H2,1H3/t13-,15-/m0/s1. The molecule has 186 valence electrons. The summed E-state index contributed by atoms with van der Waals surface area (Å²) in [7, 11) is 1.69. The molecule has 0 amide bonds. The average Bonchev–Trinajstić information content (AvgIpc) is 3.54. The number of nitrogens with one attached hydrogen (secondary N) is 1. The SMILES string of the molecule is Cn1ncc2c1ncn1nc(-c3cc4n(n3)[C@H](C(F)(F)C(F)(F)F)C[C@@H](c3ccc(F)cc3)N4)nc21. The molecule has 9 nitrogen and oxygen atoms in total. The maximum absolute atomic E-state index is 14.7. The van der Waals surface area contributed by atoms with Crippen molar-refractivity contribution in [3.8, 4) is 11.5 Å². The Labute approximate surface area is 197 Å². The largest absolute Gasteiger partial charge is 0.455 e. The van der Waals surface area contributed by atoms with Gasteiger partial charge in [-0.1, -0.05) is 12.1 Å². The van der Waals surface area contributed by atoms with Crippen molar-refractivity contribution in [3.63, 3.8) is 0 Å². The van der Waals surface area contributed by atoms with E-state index in [0.717, 1.165) is 12.1 Å². The highest BCUT2D eigenvalue weighted by Crippen LogP contribution is 2.50. The number of alkyl halides is 5. The average molecular weight is 507 g/mol. The van der Waals surface area contributed by atoms with Crippen molar-refractivity contribution in [3.05, 3.63) is 54.2 Å². The molecule has 0 radical (unpaired) electrons. The summed E-state index contributed by atoms with van der Waals surface area (Å²) in [4.78, 5) is 8.63. The number of rotatable bonds is 3. The molecule has 6 rings (SSSR count). The quantitative estimate of drug-likeness (QED) is 0.366. The summed E-state index contributed by atoms with van der Waals surface area (Å²) in [6, 6.07) is 2.88. The van der Waals surface area contributed by atoms with Gasteiger partial charge < -0.3 is 5.32 Å². The fraction of sp³-hybridized carbons (Fsp3) is 0.286. The van der Waals surface area contributed by atoms with E-state index in [4.69, 9.17) is 0 Å². The number of fused-ring (bicyclic) bond motifs is 4. The third-order valence-electron chi connectivity index (χ3n) is 6.18. The summed E-state index contributed by atoms with van der Waals surface area (Å²) in [6.45, 7) is 0. The highest BCUT2D eigenvalue weighted by molar-refractivity contribution is 5.88. The molecule has 1 aromatic carbocycles. The maximum Gasteiger partial charge on any atom is 0.455 e. The Morgan fingerprint density at radius 2 is 1.78 bits per heavy atom. The monoisotopic (exact) mass is 507 g/mol. The Bertz CT molecular complexity index is 1600. The summed E-state index contributed by atoms with van der Waals surface area (Å²) in [5.41, 5.74) is 1.23. The van der Waals surface area contributed by atoms with Gasteiger partial charge in [0.05, 0.1) is 17.6 Å². The summed E-state index contributed by atoms with van der Waals surface area (Å²) in [6.07, 6.45) is -3.55. The summed E-state index contributed by atoms with van der Waals surface area (Å²) in [5.74, 6) is -5.73. The first kappa shape index (κ1) is 22.3. The van der Waals surface area contributed by atoms with Crippen LogP contribution in [0.3, 0.4) is 0 Å². The van der Waals surface area contributed by atoms with Crippen molar-refractivity contribution in [2.45, 2.75) is 30.6 Å². The molecule has 0 fully saturated rings. The smallest absolute Gasteiger partial charge is 0.363 e. The molecule has 0 unspecified atom stereocenters. The van der Waals surface area contributed by atoms with Crippen molar-refractivity contribution in [2.24, 2.45) is 7.05 Å². The number of anilines is 1. The highest BCUT2D eigenvalue weighted by Gasteiger charge is 2.64. The van der Waals surface area contributed by atoms with Crippen molar-refractivity contribution >= 4 is 22.5 Å². The van der Waals surface area contributed by atoms with E-state index in [-0.39, 0.29) is 17.3 Å². The van der Waals surface area contributed by atoms with Crippen LogP contribution < -0.4 is 5.32 Å². The van der Waals surface area contributed by atoms with Gasteiger partial charge in [-0.15, -0.1) is 5.10 Å². The van der Waals surface area contributed by atoms with Gasteiger partial charge >= 0.3 is 12.1 Å². The minimum Gasteiger partial charge on any atom is -0.363 e. The molecular formula is C21H15F6N9. The lowest BCUT2D eigenvalue weighted by Gasteiger charge is -2.37. The Kier molecular flexibility index (Phi) is 4.59. The lowest BCUT2D eigenvalue weighted by molar-refractivity contribution is -0.301. The number of hydrogen-bond donors (Lipinski definition) is 1. The van der Waals surface area contributed by atoms with Crippen LogP contribution in [0.25, 0.3) is 28.2 Å². The molecule has 1 N–H and O–H groups in total. The van der Waals surface area contributed by atoms with Crippen LogP contribution in [0, 0.1) is 5.82 Å². The summed E-state index contributed by atoms with van der Waals surface area (Å²) in [5, 5.41) is 15.9. The molecule has 0 spiro atoms. The van der Waals surface area contributed by atoms with Gasteiger partial charge in [-0.05, 0) is 17.7 Å². The van der Waals surface area contributed by atoms with E-state index in [2.05, 4.69) is 30.6 Å². The number of nitrogens with zero attached hydrogens (tertiary/aromatic N) is 8. The maximum atomic E-state index is 14.7. The number of halogens is 6.